The second-order valence-corrected chi connectivity index (χ2v) is 5.76. The number of benzene rings is 2. The van der Waals surface area contributed by atoms with Crippen molar-refractivity contribution in [2.45, 2.75) is 6.18 Å². The minimum Gasteiger partial charge on any atom is -0.478 e. The van der Waals surface area contributed by atoms with Crippen LogP contribution in [-0.2, 0) is 6.18 Å². The molecule has 3 N–H and O–H groups in total. The molecule has 0 aromatic heterocycles. The Morgan fingerprint density at radius 1 is 1.19 bits per heavy atom. The van der Waals surface area contributed by atoms with Gasteiger partial charge in [0.2, 0.25) is 0 Å². The van der Waals surface area contributed by atoms with E-state index in [-0.39, 0.29) is 21.4 Å². The molecule has 26 heavy (non-hydrogen) atoms. The number of hydrogen-bond donors (Lipinski definition) is 3. The maximum absolute atomic E-state index is 12.7. The molecule has 2 aromatic carbocycles. The summed E-state index contributed by atoms with van der Waals surface area (Å²) >= 11 is 10.8. The SMILES string of the molecule is O=C(O)c1ccc(/C=N/NC(=S)Nc2cc(C(F)(F)F)ccc2Cl)cc1. The fourth-order valence-electron chi connectivity index (χ4n) is 1.82. The van der Waals surface area contributed by atoms with E-state index in [1.165, 1.54) is 30.5 Å². The minimum atomic E-state index is -4.50. The van der Waals surface area contributed by atoms with Crippen molar-refractivity contribution < 1.29 is 23.1 Å². The van der Waals surface area contributed by atoms with Crippen molar-refractivity contribution in [2.75, 3.05) is 5.32 Å². The summed E-state index contributed by atoms with van der Waals surface area (Å²) in [6, 6.07) is 8.70. The molecule has 0 heterocycles. The van der Waals surface area contributed by atoms with Crippen molar-refractivity contribution >= 4 is 46.8 Å². The molecule has 0 spiro atoms. The summed E-state index contributed by atoms with van der Waals surface area (Å²) in [4.78, 5) is 10.8. The summed E-state index contributed by atoms with van der Waals surface area (Å²) in [5.74, 6) is -1.05. The van der Waals surface area contributed by atoms with Crippen LogP contribution in [0.3, 0.4) is 0 Å². The summed E-state index contributed by atoms with van der Waals surface area (Å²) in [6.45, 7) is 0. The summed E-state index contributed by atoms with van der Waals surface area (Å²) in [7, 11) is 0. The van der Waals surface area contributed by atoms with Gasteiger partial charge in [-0.1, -0.05) is 23.7 Å². The van der Waals surface area contributed by atoms with E-state index in [0.717, 1.165) is 18.2 Å². The van der Waals surface area contributed by atoms with Gasteiger partial charge in [-0.2, -0.15) is 18.3 Å². The minimum absolute atomic E-state index is 0.0139. The van der Waals surface area contributed by atoms with Crippen molar-refractivity contribution in [3.63, 3.8) is 0 Å². The molecule has 2 aromatic rings. The van der Waals surface area contributed by atoms with Gasteiger partial charge in [0.25, 0.3) is 0 Å². The quantitative estimate of drug-likeness (QED) is 0.403. The highest BCUT2D eigenvalue weighted by molar-refractivity contribution is 7.80. The van der Waals surface area contributed by atoms with Crippen LogP contribution in [0.5, 0.6) is 0 Å². The molecule has 0 amide bonds. The van der Waals surface area contributed by atoms with Gasteiger partial charge >= 0.3 is 12.1 Å². The number of carboxylic acids is 1. The molecule has 0 fully saturated rings. The smallest absolute Gasteiger partial charge is 0.416 e. The van der Waals surface area contributed by atoms with E-state index in [2.05, 4.69) is 15.8 Å². The van der Waals surface area contributed by atoms with E-state index < -0.39 is 17.7 Å². The third-order valence-corrected chi connectivity index (χ3v) is 3.60. The summed E-state index contributed by atoms with van der Waals surface area (Å²) < 4.78 is 38.2. The molecule has 0 saturated carbocycles. The van der Waals surface area contributed by atoms with Crippen molar-refractivity contribution in [1.82, 2.24) is 5.43 Å². The van der Waals surface area contributed by atoms with Crippen LogP contribution in [0.4, 0.5) is 18.9 Å². The number of carbonyl (C=O) groups is 1. The van der Waals surface area contributed by atoms with Crippen molar-refractivity contribution in [3.8, 4) is 0 Å². The number of hydrogen-bond acceptors (Lipinski definition) is 3. The summed E-state index contributed by atoms with van der Waals surface area (Å²) in [6.07, 6.45) is -3.14. The lowest BCUT2D eigenvalue weighted by Crippen LogP contribution is -2.24. The number of rotatable bonds is 4. The molecule has 2 rings (SSSR count). The van der Waals surface area contributed by atoms with Crippen molar-refractivity contribution in [1.29, 1.82) is 0 Å². The largest absolute Gasteiger partial charge is 0.478 e. The van der Waals surface area contributed by atoms with Crippen LogP contribution in [0.15, 0.2) is 47.6 Å². The molecule has 0 bridgehead atoms. The number of carboxylic acid groups (broad SMARTS) is 1. The second kappa shape index (κ2) is 8.15. The van der Waals surface area contributed by atoms with Crippen molar-refractivity contribution in [3.05, 3.63) is 64.2 Å². The zero-order valence-electron chi connectivity index (χ0n) is 12.8. The first-order chi connectivity index (χ1) is 12.2. The molecule has 10 heteroatoms. The number of nitrogens with one attached hydrogen (secondary N) is 2. The number of thiocarbonyl (C=S) groups is 1. The van der Waals surface area contributed by atoms with Crippen LogP contribution in [0.25, 0.3) is 0 Å². The first-order valence-electron chi connectivity index (χ1n) is 6.97. The van der Waals surface area contributed by atoms with Gasteiger partial charge in [-0.3, -0.25) is 5.43 Å². The molecule has 0 aliphatic carbocycles. The maximum atomic E-state index is 12.7. The highest BCUT2D eigenvalue weighted by Crippen LogP contribution is 2.33. The third kappa shape index (κ3) is 5.43. The van der Waals surface area contributed by atoms with E-state index in [1.54, 1.807) is 0 Å². The first-order valence-corrected chi connectivity index (χ1v) is 7.75. The average molecular weight is 402 g/mol. The van der Waals surface area contributed by atoms with Gasteiger partial charge in [0.1, 0.15) is 0 Å². The monoisotopic (exact) mass is 401 g/mol. The lowest BCUT2D eigenvalue weighted by molar-refractivity contribution is -0.137. The van der Waals surface area contributed by atoms with Gasteiger partial charge < -0.3 is 10.4 Å². The number of aromatic carboxylic acids is 1. The molecule has 0 unspecified atom stereocenters. The summed E-state index contributed by atoms with van der Waals surface area (Å²) in [5, 5.41) is 15.2. The highest BCUT2D eigenvalue weighted by atomic mass is 35.5. The van der Waals surface area contributed by atoms with Gasteiger partial charge in [0.15, 0.2) is 5.11 Å². The molecule has 5 nitrogen and oxygen atoms in total. The Kier molecular flexibility index (Phi) is 6.17. The van der Waals surface area contributed by atoms with Gasteiger partial charge in [-0.05, 0) is 48.1 Å². The zero-order valence-corrected chi connectivity index (χ0v) is 14.4. The Labute approximate surface area is 156 Å². The van der Waals surface area contributed by atoms with Crippen LogP contribution >= 0.6 is 23.8 Å². The van der Waals surface area contributed by atoms with E-state index in [0.29, 0.717) is 5.56 Å². The first kappa shape index (κ1) is 19.7. The molecular formula is C16H11ClF3N3O2S. The number of anilines is 1. The molecule has 136 valence electrons. The second-order valence-electron chi connectivity index (χ2n) is 4.94. The Morgan fingerprint density at radius 3 is 2.42 bits per heavy atom. The topological polar surface area (TPSA) is 73.7 Å². The van der Waals surface area contributed by atoms with E-state index in [4.69, 9.17) is 28.9 Å². The van der Waals surface area contributed by atoms with Crippen molar-refractivity contribution in [2.24, 2.45) is 5.10 Å². The van der Waals surface area contributed by atoms with Crippen LogP contribution < -0.4 is 10.7 Å². The Hall–Kier alpha value is -2.65. The van der Waals surface area contributed by atoms with Crippen LogP contribution in [-0.4, -0.2) is 22.4 Å². The van der Waals surface area contributed by atoms with E-state index in [1.807, 2.05) is 0 Å². The number of alkyl halides is 3. The normalized spacial score (nSPS) is 11.4. The van der Waals surface area contributed by atoms with Gasteiger partial charge in [-0.15, -0.1) is 0 Å². The number of hydrazone groups is 1. The van der Waals surface area contributed by atoms with Gasteiger partial charge in [-0.25, -0.2) is 4.79 Å². The van der Waals surface area contributed by atoms with Gasteiger partial charge in [0.05, 0.1) is 28.1 Å². The predicted octanol–water partition coefficient (Wildman–Crippen LogP) is 4.38. The fourth-order valence-corrected chi connectivity index (χ4v) is 2.15. The fraction of sp³-hybridized carbons (Fsp3) is 0.0625. The molecule has 0 saturated heterocycles. The highest BCUT2D eigenvalue weighted by Gasteiger charge is 2.31. The summed E-state index contributed by atoms with van der Waals surface area (Å²) in [5.41, 5.74) is 2.29. The molecule has 0 radical (unpaired) electrons. The van der Waals surface area contributed by atoms with Crippen LogP contribution in [0.1, 0.15) is 21.5 Å². The Bertz CT molecular complexity index is 855. The number of nitrogens with zero attached hydrogens (tertiary/aromatic N) is 1. The van der Waals surface area contributed by atoms with Gasteiger partial charge in [0, 0.05) is 0 Å². The zero-order chi connectivity index (χ0) is 19.3. The maximum Gasteiger partial charge on any atom is 0.416 e. The Morgan fingerprint density at radius 2 is 1.85 bits per heavy atom. The third-order valence-electron chi connectivity index (χ3n) is 3.08. The van der Waals surface area contributed by atoms with E-state index in [9.17, 15) is 18.0 Å². The molecular weight excluding hydrogens is 391 g/mol. The predicted molar refractivity (Wildman–Crippen MR) is 96.8 cm³/mol. The Balaban J connectivity index is 1.99. The van der Waals surface area contributed by atoms with Crippen LogP contribution in [0, 0.1) is 0 Å². The standard InChI is InChI=1S/C16H11ClF3N3O2S/c17-12-6-5-11(16(18,19)20)7-13(12)22-15(26)23-21-8-9-1-3-10(4-2-9)14(24)25/h1-8H,(H,24,25)(H2,22,23,26)/b21-8+. The molecule has 0 aliphatic heterocycles. The number of halogens is 4. The molecule has 0 aliphatic rings. The van der Waals surface area contributed by atoms with E-state index >= 15 is 0 Å². The lowest BCUT2D eigenvalue weighted by Gasteiger charge is -2.12. The lowest BCUT2D eigenvalue weighted by atomic mass is 10.1. The average Bonchev–Trinajstić information content (AvgIpc) is 2.56. The molecule has 0 atom stereocenters. The van der Waals surface area contributed by atoms with Crippen LogP contribution in [0.2, 0.25) is 5.02 Å².